The van der Waals surface area contributed by atoms with E-state index in [1.165, 1.54) is 13.2 Å². The van der Waals surface area contributed by atoms with Crippen LogP contribution in [-0.4, -0.2) is 47.0 Å². The first-order chi connectivity index (χ1) is 16.0. The average molecular weight is 450 g/mol. The third-order valence-corrected chi connectivity index (χ3v) is 5.84. The molecule has 5 rings (SSSR count). The molecule has 0 saturated heterocycles. The number of carbonyl (C=O) groups excluding carboxylic acids is 1. The molecule has 170 valence electrons. The number of hydrogen-bond donors (Lipinski definition) is 3. The number of rotatable bonds is 4. The van der Waals surface area contributed by atoms with Gasteiger partial charge in [-0.15, -0.1) is 0 Å². The third-order valence-electron chi connectivity index (χ3n) is 5.84. The van der Waals surface area contributed by atoms with E-state index in [1.54, 1.807) is 54.6 Å². The maximum atomic E-state index is 12.6. The van der Waals surface area contributed by atoms with Crippen molar-refractivity contribution in [1.82, 2.24) is 0 Å². The standard InChI is InChI=1S/C25H22O8/c1-30-19-10-13(6-8-16(19)27)24-21(12-26)31-18-9-7-14(11-20(18)33-24)25-23(29)22(28)15-4-2-3-5-17(15)32-25/h2-11,21,23-27,29H,12H2,1H3. The molecule has 33 heavy (non-hydrogen) atoms. The lowest BCUT2D eigenvalue weighted by molar-refractivity contribution is -0.0130. The van der Waals surface area contributed by atoms with Crippen LogP contribution < -0.4 is 18.9 Å². The maximum Gasteiger partial charge on any atom is 0.199 e. The summed E-state index contributed by atoms with van der Waals surface area (Å²) >= 11 is 0. The van der Waals surface area contributed by atoms with E-state index in [2.05, 4.69) is 0 Å². The Morgan fingerprint density at radius 2 is 1.61 bits per heavy atom. The average Bonchev–Trinajstić information content (AvgIpc) is 2.85. The number of phenolic OH excluding ortho intramolecular Hbond substituents is 1. The van der Waals surface area contributed by atoms with Crippen molar-refractivity contribution in [1.29, 1.82) is 0 Å². The molecule has 2 heterocycles. The van der Waals surface area contributed by atoms with Crippen LogP contribution in [0.2, 0.25) is 0 Å². The van der Waals surface area contributed by atoms with Crippen LogP contribution in [0.1, 0.15) is 33.7 Å². The highest BCUT2D eigenvalue weighted by molar-refractivity contribution is 6.03. The van der Waals surface area contributed by atoms with Crippen molar-refractivity contribution < 1.29 is 39.1 Å². The molecule has 2 aliphatic heterocycles. The molecule has 0 aliphatic carbocycles. The Bertz CT molecular complexity index is 1210. The summed E-state index contributed by atoms with van der Waals surface area (Å²) in [7, 11) is 1.44. The van der Waals surface area contributed by atoms with Crippen molar-refractivity contribution >= 4 is 5.78 Å². The van der Waals surface area contributed by atoms with E-state index >= 15 is 0 Å². The van der Waals surface area contributed by atoms with Gasteiger partial charge in [-0.25, -0.2) is 0 Å². The van der Waals surface area contributed by atoms with E-state index in [-0.39, 0.29) is 18.1 Å². The van der Waals surface area contributed by atoms with Gasteiger partial charge in [0.05, 0.1) is 19.3 Å². The van der Waals surface area contributed by atoms with Gasteiger partial charge in [0.15, 0.2) is 53.2 Å². The number of aliphatic hydroxyl groups is 2. The van der Waals surface area contributed by atoms with Crippen molar-refractivity contribution in [2.75, 3.05) is 13.7 Å². The normalized spacial score (nSPS) is 23.4. The Morgan fingerprint density at radius 1 is 0.879 bits per heavy atom. The molecule has 0 amide bonds. The van der Waals surface area contributed by atoms with Gasteiger partial charge in [-0.2, -0.15) is 0 Å². The highest BCUT2D eigenvalue weighted by Gasteiger charge is 2.38. The molecule has 8 nitrogen and oxygen atoms in total. The monoisotopic (exact) mass is 450 g/mol. The van der Waals surface area contributed by atoms with Gasteiger partial charge < -0.3 is 34.3 Å². The number of phenols is 1. The van der Waals surface area contributed by atoms with Crippen LogP contribution in [0.15, 0.2) is 60.7 Å². The predicted molar refractivity (Wildman–Crippen MR) is 116 cm³/mol. The van der Waals surface area contributed by atoms with Crippen molar-refractivity contribution in [3.05, 3.63) is 77.4 Å². The number of ether oxygens (including phenoxy) is 4. The minimum atomic E-state index is -1.37. The SMILES string of the molecule is COc1cc(C2Oc3cc(C4Oc5ccccc5C(=O)C4O)ccc3OC2CO)ccc1O. The fraction of sp³-hybridized carbons (Fsp3) is 0.240. The van der Waals surface area contributed by atoms with Crippen molar-refractivity contribution in [3.8, 4) is 28.7 Å². The number of ketones is 1. The lowest BCUT2D eigenvalue weighted by atomic mass is 9.93. The summed E-state index contributed by atoms with van der Waals surface area (Å²) < 4.78 is 23.2. The second-order valence-corrected chi connectivity index (χ2v) is 7.86. The number of Topliss-reactive ketones (excluding diaryl/α,β-unsaturated/α-hetero) is 1. The predicted octanol–water partition coefficient (Wildman–Crippen LogP) is 2.95. The van der Waals surface area contributed by atoms with Gasteiger partial charge in [0, 0.05) is 5.56 Å². The largest absolute Gasteiger partial charge is 0.504 e. The molecule has 0 spiro atoms. The highest BCUT2D eigenvalue weighted by atomic mass is 16.6. The van der Waals surface area contributed by atoms with Crippen LogP contribution in [0.4, 0.5) is 0 Å². The summed E-state index contributed by atoms with van der Waals surface area (Å²) in [6, 6.07) is 16.5. The van der Waals surface area contributed by atoms with Crippen molar-refractivity contribution in [2.24, 2.45) is 0 Å². The molecular weight excluding hydrogens is 428 g/mol. The number of aliphatic hydroxyl groups excluding tert-OH is 2. The Morgan fingerprint density at radius 3 is 2.39 bits per heavy atom. The fourth-order valence-corrected chi connectivity index (χ4v) is 4.14. The number of aromatic hydroxyl groups is 1. The molecule has 3 aromatic rings. The summed E-state index contributed by atoms with van der Waals surface area (Å²) in [5.74, 6) is 1.03. The van der Waals surface area contributed by atoms with E-state index in [4.69, 9.17) is 18.9 Å². The van der Waals surface area contributed by atoms with Gasteiger partial charge in [-0.1, -0.05) is 24.3 Å². The number of benzene rings is 3. The van der Waals surface area contributed by atoms with Crippen LogP contribution in [0.3, 0.4) is 0 Å². The first-order valence-electron chi connectivity index (χ1n) is 10.4. The second-order valence-electron chi connectivity index (χ2n) is 7.86. The van der Waals surface area contributed by atoms with Crippen molar-refractivity contribution in [2.45, 2.75) is 24.4 Å². The van der Waals surface area contributed by atoms with E-state index in [1.807, 2.05) is 0 Å². The van der Waals surface area contributed by atoms with Gasteiger partial charge in [0.1, 0.15) is 5.75 Å². The Hall–Kier alpha value is -3.75. The van der Waals surface area contributed by atoms with Crippen LogP contribution in [0.5, 0.6) is 28.7 Å². The molecule has 0 fully saturated rings. The molecule has 0 bridgehead atoms. The summed E-state index contributed by atoms with van der Waals surface area (Å²) in [5.41, 5.74) is 1.51. The smallest absolute Gasteiger partial charge is 0.199 e. The molecule has 0 radical (unpaired) electrons. The molecular formula is C25H22O8. The van der Waals surface area contributed by atoms with Crippen LogP contribution >= 0.6 is 0 Å². The van der Waals surface area contributed by atoms with Crippen LogP contribution in [0.25, 0.3) is 0 Å². The number of fused-ring (bicyclic) bond motifs is 2. The number of hydrogen-bond acceptors (Lipinski definition) is 8. The molecule has 8 heteroatoms. The third kappa shape index (κ3) is 3.63. The van der Waals surface area contributed by atoms with Crippen molar-refractivity contribution in [3.63, 3.8) is 0 Å². The number of methoxy groups -OCH3 is 1. The first-order valence-corrected chi connectivity index (χ1v) is 10.4. The molecule has 3 N–H and O–H groups in total. The molecule has 4 atom stereocenters. The quantitative estimate of drug-likeness (QED) is 0.556. The number of para-hydroxylation sites is 1. The number of carbonyl (C=O) groups is 1. The van der Waals surface area contributed by atoms with Gasteiger partial charge in [0.2, 0.25) is 0 Å². The fourth-order valence-electron chi connectivity index (χ4n) is 4.14. The lowest BCUT2D eigenvalue weighted by Gasteiger charge is -2.35. The summed E-state index contributed by atoms with van der Waals surface area (Å²) in [5, 5.41) is 30.4. The minimum Gasteiger partial charge on any atom is -0.504 e. The zero-order valence-corrected chi connectivity index (χ0v) is 17.7. The Labute approximate surface area is 189 Å². The summed E-state index contributed by atoms with van der Waals surface area (Å²) in [4.78, 5) is 12.6. The van der Waals surface area contributed by atoms with Crippen LogP contribution in [0, 0.1) is 0 Å². The second kappa shape index (κ2) is 8.31. The summed E-state index contributed by atoms with van der Waals surface area (Å²) in [6.07, 6.45) is -3.66. The molecule has 4 unspecified atom stereocenters. The molecule has 0 aromatic heterocycles. The zero-order chi connectivity index (χ0) is 23.1. The maximum absolute atomic E-state index is 12.6. The van der Waals surface area contributed by atoms with E-state index in [0.29, 0.717) is 33.9 Å². The van der Waals surface area contributed by atoms with E-state index < -0.39 is 30.2 Å². The van der Waals surface area contributed by atoms with E-state index in [9.17, 15) is 20.1 Å². The molecule has 2 aliphatic rings. The van der Waals surface area contributed by atoms with Gasteiger partial charge in [-0.05, 0) is 42.0 Å². The van der Waals surface area contributed by atoms with Crippen LogP contribution in [-0.2, 0) is 0 Å². The summed E-state index contributed by atoms with van der Waals surface area (Å²) in [6.45, 7) is -0.301. The zero-order valence-electron chi connectivity index (χ0n) is 17.7. The van der Waals surface area contributed by atoms with Gasteiger partial charge in [-0.3, -0.25) is 4.79 Å². The topological polar surface area (TPSA) is 115 Å². The molecule has 0 saturated carbocycles. The lowest BCUT2D eigenvalue weighted by Crippen LogP contribution is -2.37. The molecule has 3 aromatic carbocycles. The van der Waals surface area contributed by atoms with E-state index in [0.717, 1.165) is 0 Å². The highest BCUT2D eigenvalue weighted by Crippen LogP contribution is 2.44. The Kier molecular flexibility index (Phi) is 5.32. The first kappa shape index (κ1) is 21.1. The minimum absolute atomic E-state index is 0.0189. The van der Waals surface area contributed by atoms with Gasteiger partial charge in [0.25, 0.3) is 0 Å². The van der Waals surface area contributed by atoms with Gasteiger partial charge >= 0.3 is 0 Å². The Balaban J connectivity index is 1.48.